The zero-order chi connectivity index (χ0) is 22.9. The van der Waals surface area contributed by atoms with Gasteiger partial charge in [-0.3, -0.25) is 9.59 Å². The third-order valence-corrected chi connectivity index (χ3v) is 5.81. The lowest BCUT2D eigenvalue weighted by Crippen LogP contribution is -2.22. The Morgan fingerprint density at radius 2 is 1.74 bits per heavy atom. The lowest BCUT2D eigenvalue weighted by molar-refractivity contribution is -0.115. The van der Waals surface area contributed by atoms with Crippen molar-refractivity contribution in [2.45, 2.75) is 27.2 Å². The fourth-order valence-corrected chi connectivity index (χ4v) is 3.60. The van der Waals surface area contributed by atoms with Crippen LogP contribution in [-0.2, 0) is 11.2 Å². The van der Waals surface area contributed by atoms with Gasteiger partial charge >= 0.3 is 0 Å². The summed E-state index contributed by atoms with van der Waals surface area (Å²) in [6.45, 7) is 5.72. The molecule has 0 radical (unpaired) electrons. The van der Waals surface area contributed by atoms with Crippen molar-refractivity contribution in [1.82, 2.24) is 14.7 Å². The van der Waals surface area contributed by atoms with Crippen molar-refractivity contribution in [3.63, 3.8) is 0 Å². The first kappa shape index (κ1) is 22.8. The zero-order valence-electron chi connectivity index (χ0n) is 18.1. The Morgan fingerprint density at radius 1 is 1.03 bits per heavy atom. The SMILES string of the molecule is Cc1ccc(-n2nc(C)c(CC(=O)Nc3cc(C(=O)N(C)C)ccc3Cl)c2C)cc1Cl. The van der Waals surface area contributed by atoms with Crippen molar-refractivity contribution in [2.24, 2.45) is 0 Å². The van der Waals surface area contributed by atoms with Gasteiger partial charge in [0.25, 0.3) is 5.91 Å². The highest BCUT2D eigenvalue weighted by molar-refractivity contribution is 6.34. The number of halogens is 2. The largest absolute Gasteiger partial charge is 0.345 e. The molecule has 0 atom stereocenters. The van der Waals surface area contributed by atoms with Crippen molar-refractivity contribution in [2.75, 3.05) is 19.4 Å². The molecule has 0 saturated carbocycles. The molecule has 0 bridgehead atoms. The van der Waals surface area contributed by atoms with Crippen LogP contribution in [0, 0.1) is 20.8 Å². The molecule has 0 aliphatic carbocycles. The van der Waals surface area contributed by atoms with Crippen molar-refractivity contribution in [3.8, 4) is 5.69 Å². The Hall–Kier alpha value is -2.83. The fourth-order valence-electron chi connectivity index (χ4n) is 3.26. The highest BCUT2D eigenvalue weighted by atomic mass is 35.5. The number of rotatable bonds is 5. The number of benzene rings is 2. The van der Waals surface area contributed by atoms with E-state index in [0.29, 0.717) is 21.3 Å². The highest BCUT2D eigenvalue weighted by Crippen LogP contribution is 2.26. The van der Waals surface area contributed by atoms with Gasteiger partial charge in [-0.2, -0.15) is 5.10 Å². The zero-order valence-corrected chi connectivity index (χ0v) is 19.6. The summed E-state index contributed by atoms with van der Waals surface area (Å²) < 4.78 is 1.78. The maximum absolute atomic E-state index is 12.8. The molecule has 1 heterocycles. The Kier molecular flexibility index (Phi) is 6.72. The van der Waals surface area contributed by atoms with Crippen LogP contribution >= 0.6 is 23.2 Å². The van der Waals surface area contributed by atoms with Crippen molar-refractivity contribution >= 4 is 40.7 Å². The maximum atomic E-state index is 12.8. The maximum Gasteiger partial charge on any atom is 0.253 e. The Labute approximate surface area is 191 Å². The van der Waals surface area contributed by atoms with E-state index in [-0.39, 0.29) is 18.2 Å². The lowest BCUT2D eigenvalue weighted by atomic mass is 10.1. The van der Waals surface area contributed by atoms with E-state index < -0.39 is 0 Å². The number of anilines is 1. The normalized spacial score (nSPS) is 10.8. The molecule has 0 unspecified atom stereocenters. The molecular formula is C23H24Cl2N4O2. The van der Waals surface area contributed by atoms with Gasteiger partial charge in [0.05, 0.1) is 28.5 Å². The Bertz CT molecular complexity index is 1170. The summed E-state index contributed by atoms with van der Waals surface area (Å²) in [5.41, 5.74) is 5.10. The smallest absolute Gasteiger partial charge is 0.253 e. The van der Waals surface area contributed by atoms with Crippen LogP contribution in [0.15, 0.2) is 36.4 Å². The number of carbonyl (C=O) groups is 2. The standard InChI is InChI=1S/C23H24Cl2N4O2/c1-13-6-8-17(11-20(13)25)29-15(3)18(14(2)27-29)12-22(30)26-21-10-16(7-9-19(21)24)23(31)28(4)5/h6-11H,12H2,1-5H3,(H,26,30). The van der Waals surface area contributed by atoms with Crippen LogP contribution in [0.2, 0.25) is 10.0 Å². The summed E-state index contributed by atoms with van der Waals surface area (Å²) in [5, 5.41) is 8.42. The number of hydrogen-bond donors (Lipinski definition) is 1. The average Bonchev–Trinajstić information content (AvgIpc) is 2.99. The number of nitrogens with zero attached hydrogens (tertiary/aromatic N) is 3. The molecule has 0 saturated heterocycles. The van der Waals surface area contributed by atoms with E-state index >= 15 is 0 Å². The van der Waals surface area contributed by atoms with E-state index in [9.17, 15) is 9.59 Å². The second kappa shape index (κ2) is 9.12. The van der Waals surface area contributed by atoms with Gasteiger partial charge in [-0.05, 0) is 56.7 Å². The number of amides is 2. The number of aromatic nitrogens is 2. The second-order valence-corrected chi connectivity index (χ2v) is 8.43. The number of nitrogens with one attached hydrogen (secondary N) is 1. The van der Waals surface area contributed by atoms with Crippen molar-refractivity contribution in [1.29, 1.82) is 0 Å². The quantitative estimate of drug-likeness (QED) is 0.585. The Morgan fingerprint density at radius 3 is 2.39 bits per heavy atom. The summed E-state index contributed by atoms with van der Waals surface area (Å²) in [6, 6.07) is 10.5. The molecule has 3 aromatic rings. The van der Waals surface area contributed by atoms with Gasteiger partial charge in [-0.25, -0.2) is 4.68 Å². The minimum Gasteiger partial charge on any atom is -0.345 e. The van der Waals surface area contributed by atoms with Gasteiger partial charge in [-0.15, -0.1) is 0 Å². The second-order valence-electron chi connectivity index (χ2n) is 7.61. The van der Waals surface area contributed by atoms with Crippen molar-refractivity contribution in [3.05, 3.63) is 74.5 Å². The Balaban J connectivity index is 1.83. The minimum atomic E-state index is -0.246. The molecule has 0 fully saturated rings. The first-order valence-corrected chi connectivity index (χ1v) is 10.5. The summed E-state index contributed by atoms with van der Waals surface area (Å²) in [4.78, 5) is 26.4. The van der Waals surface area contributed by atoms with Gasteiger partial charge in [0, 0.05) is 35.9 Å². The molecule has 6 nitrogen and oxygen atoms in total. The summed E-state index contributed by atoms with van der Waals surface area (Å²) in [6.07, 6.45) is 0.124. The fraction of sp³-hybridized carbons (Fsp3) is 0.261. The topological polar surface area (TPSA) is 67.2 Å². The molecule has 1 N–H and O–H groups in total. The number of aryl methyl sites for hydroxylation is 2. The molecule has 3 rings (SSSR count). The molecular weight excluding hydrogens is 435 g/mol. The van der Waals surface area contributed by atoms with Gasteiger partial charge in [0.2, 0.25) is 5.91 Å². The minimum absolute atomic E-state index is 0.124. The van der Waals surface area contributed by atoms with Gasteiger partial charge < -0.3 is 10.2 Å². The van der Waals surface area contributed by atoms with E-state index in [1.807, 2.05) is 39.0 Å². The van der Waals surface area contributed by atoms with Gasteiger partial charge in [0.1, 0.15) is 0 Å². The molecule has 0 spiro atoms. The summed E-state index contributed by atoms with van der Waals surface area (Å²) in [7, 11) is 3.33. The number of carbonyl (C=O) groups excluding carboxylic acids is 2. The van der Waals surface area contributed by atoms with Crippen LogP contribution in [0.25, 0.3) is 5.69 Å². The van der Waals surface area contributed by atoms with Gasteiger partial charge in [0.15, 0.2) is 0 Å². The summed E-state index contributed by atoms with van der Waals surface area (Å²) >= 11 is 12.5. The molecule has 1 aromatic heterocycles. The van der Waals surface area contributed by atoms with Crippen LogP contribution in [0.3, 0.4) is 0 Å². The van der Waals surface area contributed by atoms with Gasteiger partial charge in [-0.1, -0.05) is 29.3 Å². The van der Waals surface area contributed by atoms with Crippen LogP contribution < -0.4 is 5.32 Å². The molecule has 0 aliphatic heterocycles. The first-order chi connectivity index (χ1) is 14.6. The monoisotopic (exact) mass is 458 g/mol. The van der Waals surface area contributed by atoms with E-state index in [0.717, 1.165) is 28.2 Å². The van der Waals surface area contributed by atoms with E-state index in [1.165, 1.54) is 4.90 Å². The molecule has 31 heavy (non-hydrogen) atoms. The molecule has 2 amide bonds. The predicted molar refractivity (Wildman–Crippen MR) is 125 cm³/mol. The number of hydrogen-bond acceptors (Lipinski definition) is 3. The highest BCUT2D eigenvalue weighted by Gasteiger charge is 2.18. The first-order valence-electron chi connectivity index (χ1n) is 9.71. The van der Waals surface area contributed by atoms with E-state index in [2.05, 4.69) is 10.4 Å². The third kappa shape index (κ3) is 4.92. The average molecular weight is 459 g/mol. The van der Waals surface area contributed by atoms with Crippen LogP contribution in [0.4, 0.5) is 5.69 Å². The molecule has 162 valence electrons. The summed E-state index contributed by atoms with van der Waals surface area (Å²) in [5.74, 6) is -0.416. The lowest BCUT2D eigenvalue weighted by Gasteiger charge is -2.13. The van der Waals surface area contributed by atoms with Crippen LogP contribution in [0.1, 0.15) is 32.9 Å². The van der Waals surface area contributed by atoms with Crippen LogP contribution in [0.5, 0.6) is 0 Å². The molecule has 0 aliphatic rings. The third-order valence-electron chi connectivity index (χ3n) is 5.07. The predicted octanol–water partition coefficient (Wildman–Crippen LogP) is 4.99. The van der Waals surface area contributed by atoms with E-state index in [4.69, 9.17) is 23.2 Å². The molecule has 2 aromatic carbocycles. The molecule has 8 heteroatoms. The van der Waals surface area contributed by atoms with Crippen molar-refractivity contribution < 1.29 is 9.59 Å². The van der Waals surface area contributed by atoms with Crippen LogP contribution in [-0.4, -0.2) is 40.6 Å². The van der Waals surface area contributed by atoms with E-state index in [1.54, 1.807) is 37.0 Å².